The minimum Gasteiger partial charge on any atom is -0.360 e. The van der Waals surface area contributed by atoms with Crippen LogP contribution >= 0.6 is 31.9 Å². The van der Waals surface area contributed by atoms with E-state index in [0.29, 0.717) is 5.56 Å². The van der Waals surface area contributed by atoms with Crippen LogP contribution in [0.3, 0.4) is 0 Å². The summed E-state index contributed by atoms with van der Waals surface area (Å²) in [5, 5.41) is 0.945. The van der Waals surface area contributed by atoms with Gasteiger partial charge in [0.25, 0.3) is 0 Å². The molecule has 0 saturated carbocycles. The molecule has 0 aliphatic heterocycles. The summed E-state index contributed by atoms with van der Waals surface area (Å²) < 4.78 is 1.97. The molecule has 3 aromatic rings. The third kappa shape index (κ3) is 2.34. The summed E-state index contributed by atoms with van der Waals surface area (Å²) in [7, 11) is 0. The summed E-state index contributed by atoms with van der Waals surface area (Å²) in [4.78, 5) is 15.8. The van der Waals surface area contributed by atoms with Gasteiger partial charge in [0.1, 0.15) is 0 Å². The maximum absolute atomic E-state index is 12.7. The lowest BCUT2D eigenvalue weighted by atomic mass is 9.99. The van der Waals surface area contributed by atoms with Gasteiger partial charge >= 0.3 is 0 Å². The van der Waals surface area contributed by atoms with Gasteiger partial charge in [-0.05, 0) is 42.8 Å². The van der Waals surface area contributed by atoms with E-state index in [0.717, 1.165) is 31.0 Å². The minimum atomic E-state index is 0.0450. The molecule has 0 radical (unpaired) electrons. The van der Waals surface area contributed by atoms with Gasteiger partial charge in [-0.3, -0.25) is 4.79 Å². The normalized spacial score (nSPS) is 10.9. The second-order valence-electron chi connectivity index (χ2n) is 4.68. The molecule has 1 heterocycles. The maximum Gasteiger partial charge on any atom is 0.195 e. The number of ketones is 1. The van der Waals surface area contributed by atoms with Gasteiger partial charge in [0.15, 0.2) is 5.78 Å². The van der Waals surface area contributed by atoms with E-state index >= 15 is 0 Å². The maximum atomic E-state index is 12.7. The van der Waals surface area contributed by atoms with Crippen molar-refractivity contribution in [3.05, 3.63) is 68.2 Å². The molecule has 0 aliphatic rings. The van der Waals surface area contributed by atoms with Crippen molar-refractivity contribution in [1.82, 2.24) is 4.98 Å². The van der Waals surface area contributed by atoms with Gasteiger partial charge in [0, 0.05) is 37.2 Å². The van der Waals surface area contributed by atoms with Crippen LogP contribution in [0.25, 0.3) is 10.9 Å². The molecule has 0 bridgehead atoms. The summed E-state index contributed by atoms with van der Waals surface area (Å²) >= 11 is 6.85. The summed E-state index contributed by atoms with van der Waals surface area (Å²) in [6.07, 6.45) is 1.78. The van der Waals surface area contributed by atoms with Gasteiger partial charge in [0.2, 0.25) is 0 Å². The van der Waals surface area contributed by atoms with Crippen molar-refractivity contribution >= 4 is 48.5 Å². The number of benzene rings is 2. The van der Waals surface area contributed by atoms with Crippen molar-refractivity contribution in [2.24, 2.45) is 0 Å². The Labute approximate surface area is 133 Å². The number of aryl methyl sites for hydroxylation is 1. The van der Waals surface area contributed by atoms with Gasteiger partial charge in [-0.1, -0.05) is 37.9 Å². The fraction of sp³-hybridized carbons (Fsp3) is 0.0625. The summed E-state index contributed by atoms with van der Waals surface area (Å²) in [5.74, 6) is 0.0450. The molecule has 4 heteroatoms. The highest BCUT2D eigenvalue weighted by atomic mass is 79.9. The molecule has 0 aliphatic carbocycles. The van der Waals surface area contributed by atoms with Crippen molar-refractivity contribution in [2.75, 3.05) is 0 Å². The smallest absolute Gasteiger partial charge is 0.195 e. The van der Waals surface area contributed by atoms with Crippen molar-refractivity contribution < 1.29 is 4.79 Å². The lowest BCUT2D eigenvalue weighted by Gasteiger charge is -2.05. The Hall–Kier alpha value is -1.39. The van der Waals surface area contributed by atoms with Gasteiger partial charge in [-0.2, -0.15) is 0 Å². The molecule has 1 aromatic heterocycles. The Morgan fingerprint density at radius 3 is 2.45 bits per heavy atom. The first-order valence-corrected chi connectivity index (χ1v) is 7.72. The molecule has 2 aromatic carbocycles. The zero-order valence-corrected chi connectivity index (χ0v) is 13.9. The van der Waals surface area contributed by atoms with Crippen molar-refractivity contribution in [2.45, 2.75) is 6.92 Å². The van der Waals surface area contributed by atoms with E-state index in [1.165, 1.54) is 0 Å². The van der Waals surface area contributed by atoms with Crippen LogP contribution in [0.2, 0.25) is 0 Å². The third-order valence-electron chi connectivity index (χ3n) is 3.32. The zero-order valence-electron chi connectivity index (χ0n) is 10.7. The average Bonchev–Trinajstić information content (AvgIpc) is 2.80. The van der Waals surface area contributed by atoms with E-state index in [-0.39, 0.29) is 5.78 Å². The standard InChI is InChI=1S/C16H11Br2NO/c1-9-6-10(17)2-4-12(9)16(20)14-8-19-15-7-11(18)3-5-13(14)15/h2-8,19H,1H3. The van der Waals surface area contributed by atoms with Gasteiger partial charge in [0.05, 0.1) is 0 Å². The van der Waals surface area contributed by atoms with E-state index < -0.39 is 0 Å². The number of hydrogen-bond donors (Lipinski definition) is 1. The molecule has 2 nitrogen and oxygen atoms in total. The predicted octanol–water partition coefficient (Wildman–Crippen LogP) is 5.23. The summed E-state index contributed by atoms with van der Waals surface area (Å²) in [6.45, 7) is 1.95. The molecular formula is C16H11Br2NO. The van der Waals surface area contributed by atoms with Crippen LogP contribution in [0.15, 0.2) is 51.5 Å². The van der Waals surface area contributed by atoms with Gasteiger partial charge < -0.3 is 4.98 Å². The highest BCUT2D eigenvalue weighted by Crippen LogP contribution is 2.26. The van der Waals surface area contributed by atoms with Gasteiger partial charge in [-0.15, -0.1) is 0 Å². The quantitative estimate of drug-likeness (QED) is 0.595. The largest absolute Gasteiger partial charge is 0.360 e. The first-order chi connectivity index (χ1) is 9.56. The lowest BCUT2D eigenvalue weighted by Crippen LogP contribution is -2.02. The van der Waals surface area contributed by atoms with Crippen LogP contribution < -0.4 is 0 Å². The molecule has 0 unspecified atom stereocenters. The first-order valence-electron chi connectivity index (χ1n) is 6.14. The Balaban J connectivity index is 2.13. The lowest BCUT2D eigenvalue weighted by molar-refractivity contribution is 0.104. The molecule has 3 rings (SSSR count). The number of carbonyl (C=O) groups is 1. The number of aromatic nitrogens is 1. The fourth-order valence-corrected chi connectivity index (χ4v) is 3.15. The number of rotatable bonds is 2. The predicted molar refractivity (Wildman–Crippen MR) is 88.3 cm³/mol. The SMILES string of the molecule is Cc1cc(Br)ccc1C(=O)c1c[nH]c2cc(Br)ccc12. The molecule has 0 spiro atoms. The molecule has 20 heavy (non-hydrogen) atoms. The van der Waals surface area contributed by atoms with Crippen molar-refractivity contribution in [3.63, 3.8) is 0 Å². The molecule has 0 amide bonds. The van der Waals surface area contributed by atoms with E-state index in [4.69, 9.17) is 0 Å². The molecular weight excluding hydrogens is 382 g/mol. The molecule has 0 atom stereocenters. The summed E-state index contributed by atoms with van der Waals surface area (Å²) in [5.41, 5.74) is 3.36. The number of halogens is 2. The van der Waals surface area contributed by atoms with Crippen molar-refractivity contribution in [1.29, 1.82) is 0 Å². The van der Waals surface area contributed by atoms with Crippen molar-refractivity contribution in [3.8, 4) is 0 Å². The van der Waals surface area contributed by atoms with E-state index in [2.05, 4.69) is 36.8 Å². The van der Waals surface area contributed by atoms with E-state index in [9.17, 15) is 4.79 Å². The summed E-state index contributed by atoms with van der Waals surface area (Å²) in [6, 6.07) is 11.6. The number of H-pyrrole nitrogens is 1. The molecule has 0 saturated heterocycles. The van der Waals surface area contributed by atoms with Gasteiger partial charge in [-0.25, -0.2) is 0 Å². The van der Waals surface area contributed by atoms with Crippen LogP contribution in [0.4, 0.5) is 0 Å². The molecule has 1 N–H and O–H groups in total. The number of fused-ring (bicyclic) bond motifs is 1. The Bertz CT molecular complexity index is 820. The Morgan fingerprint density at radius 1 is 1.00 bits per heavy atom. The number of hydrogen-bond acceptors (Lipinski definition) is 1. The third-order valence-corrected chi connectivity index (χ3v) is 4.31. The zero-order chi connectivity index (χ0) is 14.3. The van der Waals surface area contributed by atoms with Crippen LogP contribution in [0.1, 0.15) is 21.5 Å². The van der Waals surface area contributed by atoms with Crippen LogP contribution in [0, 0.1) is 6.92 Å². The first kappa shape index (κ1) is 13.6. The number of aromatic amines is 1. The van der Waals surface area contributed by atoms with E-state index in [1.807, 2.05) is 43.3 Å². The highest BCUT2D eigenvalue weighted by Gasteiger charge is 2.16. The average molecular weight is 393 g/mol. The second-order valence-corrected chi connectivity index (χ2v) is 6.51. The number of carbonyl (C=O) groups excluding carboxylic acids is 1. The van der Waals surface area contributed by atoms with Crippen LogP contribution in [-0.4, -0.2) is 10.8 Å². The monoisotopic (exact) mass is 391 g/mol. The molecule has 0 fully saturated rings. The second kappa shape index (κ2) is 5.19. The number of nitrogens with one attached hydrogen (secondary N) is 1. The Morgan fingerprint density at radius 2 is 1.70 bits per heavy atom. The highest BCUT2D eigenvalue weighted by molar-refractivity contribution is 9.10. The van der Waals surface area contributed by atoms with Crippen LogP contribution in [-0.2, 0) is 0 Å². The Kier molecular flexibility index (Phi) is 3.52. The van der Waals surface area contributed by atoms with Crippen LogP contribution in [0.5, 0.6) is 0 Å². The van der Waals surface area contributed by atoms with E-state index in [1.54, 1.807) is 6.20 Å². The minimum absolute atomic E-state index is 0.0450. The molecule has 100 valence electrons. The fourth-order valence-electron chi connectivity index (χ4n) is 2.31. The topological polar surface area (TPSA) is 32.9 Å².